The zero-order valence-corrected chi connectivity index (χ0v) is 17.3. The molecule has 3 heterocycles. The lowest BCUT2D eigenvalue weighted by atomic mass is 10.0. The van der Waals surface area contributed by atoms with Gasteiger partial charge in [0.2, 0.25) is 0 Å². The standard InChI is InChI=1S/C29H19N3/c1-2-6-20(7-3-1)25-15-13-21-9-11-23(18-28(21)31-25)24-12-10-22-14-16-27(32-29(22)19-24)26-8-4-5-17-30-26/h1-19H. The molecule has 3 aromatic heterocycles. The second-order valence-corrected chi connectivity index (χ2v) is 7.79. The van der Waals surface area contributed by atoms with Crippen LogP contribution in [0, 0.1) is 0 Å². The van der Waals surface area contributed by atoms with E-state index < -0.39 is 0 Å². The van der Waals surface area contributed by atoms with Crippen molar-refractivity contribution < 1.29 is 0 Å². The van der Waals surface area contributed by atoms with E-state index in [0.717, 1.165) is 55.6 Å². The Labute approximate surface area is 186 Å². The van der Waals surface area contributed by atoms with Crippen LogP contribution in [-0.4, -0.2) is 15.0 Å². The fraction of sp³-hybridized carbons (Fsp3) is 0. The molecule has 0 unspecified atom stereocenters. The highest BCUT2D eigenvalue weighted by Crippen LogP contribution is 2.29. The van der Waals surface area contributed by atoms with Gasteiger partial charge in [-0.05, 0) is 47.5 Å². The van der Waals surface area contributed by atoms with Crippen LogP contribution >= 0.6 is 0 Å². The van der Waals surface area contributed by atoms with Gasteiger partial charge in [0.15, 0.2) is 0 Å². The third kappa shape index (κ3) is 3.40. The summed E-state index contributed by atoms with van der Waals surface area (Å²) >= 11 is 0. The lowest BCUT2D eigenvalue weighted by Gasteiger charge is -2.08. The van der Waals surface area contributed by atoms with E-state index in [1.54, 1.807) is 6.20 Å². The molecule has 0 radical (unpaired) electrons. The number of pyridine rings is 3. The monoisotopic (exact) mass is 409 g/mol. The lowest BCUT2D eigenvalue weighted by Crippen LogP contribution is -1.89. The van der Waals surface area contributed by atoms with Crippen molar-refractivity contribution in [3.63, 3.8) is 0 Å². The number of rotatable bonds is 3. The molecule has 0 atom stereocenters. The SMILES string of the molecule is c1ccc(-c2ccc3ccc(-c4ccc5ccc(-c6ccccn6)nc5c4)cc3n2)cc1. The number of benzene rings is 3. The zero-order valence-electron chi connectivity index (χ0n) is 17.3. The number of nitrogens with zero attached hydrogens (tertiary/aromatic N) is 3. The normalized spacial score (nSPS) is 11.1. The lowest BCUT2D eigenvalue weighted by molar-refractivity contribution is 1.28. The molecule has 0 bridgehead atoms. The molecule has 0 fully saturated rings. The van der Waals surface area contributed by atoms with Crippen molar-refractivity contribution in [2.45, 2.75) is 0 Å². The Bertz CT molecular complexity index is 1440. The minimum Gasteiger partial charge on any atom is -0.255 e. The van der Waals surface area contributed by atoms with Gasteiger partial charge >= 0.3 is 0 Å². The Balaban J connectivity index is 1.43. The number of hydrogen-bond donors (Lipinski definition) is 0. The molecule has 3 nitrogen and oxygen atoms in total. The van der Waals surface area contributed by atoms with Crippen molar-refractivity contribution in [3.8, 4) is 33.8 Å². The Morgan fingerprint density at radius 2 is 1.00 bits per heavy atom. The number of aromatic nitrogens is 3. The van der Waals surface area contributed by atoms with Gasteiger partial charge in [-0.1, -0.05) is 72.8 Å². The maximum absolute atomic E-state index is 4.92. The quantitative estimate of drug-likeness (QED) is 0.311. The van der Waals surface area contributed by atoms with Crippen molar-refractivity contribution in [2.24, 2.45) is 0 Å². The minimum absolute atomic E-state index is 0.878. The molecule has 3 aromatic carbocycles. The summed E-state index contributed by atoms with van der Waals surface area (Å²) in [5, 5.41) is 2.24. The summed E-state index contributed by atoms with van der Waals surface area (Å²) in [6.07, 6.45) is 1.80. The van der Waals surface area contributed by atoms with Crippen molar-refractivity contribution in [2.75, 3.05) is 0 Å². The van der Waals surface area contributed by atoms with Crippen molar-refractivity contribution in [1.82, 2.24) is 15.0 Å². The van der Waals surface area contributed by atoms with Gasteiger partial charge < -0.3 is 0 Å². The van der Waals surface area contributed by atoms with Crippen molar-refractivity contribution in [1.29, 1.82) is 0 Å². The fourth-order valence-electron chi connectivity index (χ4n) is 4.02. The molecule has 6 aromatic rings. The van der Waals surface area contributed by atoms with E-state index in [9.17, 15) is 0 Å². The predicted octanol–water partition coefficient (Wildman–Crippen LogP) is 7.18. The Kier molecular flexibility index (Phi) is 4.43. The molecule has 32 heavy (non-hydrogen) atoms. The molecule has 0 N–H and O–H groups in total. The van der Waals surface area contributed by atoms with Gasteiger partial charge in [0.05, 0.1) is 28.1 Å². The largest absolute Gasteiger partial charge is 0.255 e. The van der Waals surface area contributed by atoms with E-state index in [-0.39, 0.29) is 0 Å². The molecule has 6 rings (SSSR count). The molecule has 150 valence electrons. The van der Waals surface area contributed by atoms with E-state index in [0.29, 0.717) is 0 Å². The van der Waals surface area contributed by atoms with E-state index >= 15 is 0 Å². The second kappa shape index (κ2) is 7.71. The average Bonchev–Trinajstić information content (AvgIpc) is 2.88. The average molecular weight is 409 g/mol. The summed E-state index contributed by atoms with van der Waals surface area (Å²) in [4.78, 5) is 14.2. The third-order valence-electron chi connectivity index (χ3n) is 5.71. The smallest absolute Gasteiger partial charge is 0.0893 e. The van der Waals surface area contributed by atoms with E-state index in [2.05, 4.69) is 71.7 Å². The van der Waals surface area contributed by atoms with Crippen LogP contribution in [0.4, 0.5) is 0 Å². The highest BCUT2D eigenvalue weighted by Gasteiger charge is 2.07. The van der Waals surface area contributed by atoms with Crippen molar-refractivity contribution >= 4 is 21.8 Å². The minimum atomic E-state index is 0.878. The first kappa shape index (κ1) is 18.4. The summed E-state index contributed by atoms with van der Waals surface area (Å²) < 4.78 is 0. The summed E-state index contributed by atoms with van der Waals surface area (Å²) in [5.74, 6) is 0. The van der Waals surface area contributed by atoms with Gasteiger partial charge in [0, 0.05) is 22.5 Å². The fourth-order valence-corrected chi connectivity index (χ4v) is 4.02. The van der Waals surface area contributed by atoms with Gasteiger partial charge in [-0.3, -0.25) is 4.98 Å². The van der Waals surface area contributed by atoms with Crippen LogP contribution in [0.25, 0.3) is 55.6 Å². The summed E-state index contributed by atoms with van der Waals surface area (Å²) in [7, 11) is 0. The highest BCUT2D eigenvalue weighted by atomic mass is 14.8. The molecule has 0 spiro atoms. The molecule has 3 heteroatoms. The van der Waals surface area contributed by atoms with Crippen LogP contribution in [-0.2, 0) is 0 Å². The third-order valence-corrected chi connectivity index (χ3v) is 5.71. The highest BCUT2D eigenvalue weighted by molar-refractivity contribution is 5.90. The topological polar surface area (TPSA) is 38.7 Å². The molecule has 0 aliphatic heterocycles. The first-order valence-electron chi connectivity index (χ1n) is 10.6. The van der Waals surface area contributed by atoms with E-state index in [1.165, 1.54) is 0 Å². The zero-order chi connectivity index (χ0) is 21.3. The van der Waals surface area contributed by atoms with Gasteiger partial charge in [-0.25, -0.2) is 9.97 Å². The molecular weight excluding hydrogens is 390 g/mol. The summed E-state index contributed by atoms with van der Waals surface area (Å²) in [5.41, 5.74) is 8.05. The number of hydrogen-bond acceptors (Lipinski definition) is 3. The van der Waals surface area contributed by atoms with Gasteiger partial charge in [0.25, 0.3) is 0 Å². The molecule has 0 amide bonds. The van der Waals surface area contributed by atoms with Crippen LogP contribution in [0.3, 0.4) is 0 Å². The van der Waals surface area contributed by atoms with Gasteiger partial charge in [-0.2, -0.15) is 0 Å². The van der Waals surface area contributed by atoms with Crippen LogP contribution in [0.15, 0.2) is 115 Å². The summed E-state index contributed by atoms with van der Waals surface area (Å²) in [6, 6.07) is 37.4. The maximum atomic E-state index is 4.92. The number of fused-ring (bicyclic) bond motifs is 2. The first-order chi connectivity index (χ1) is 15.8. The van der Waals surface area contributed by atoms with Crippen LogP contribution in [0.5, 0.6) is 0 Å². The van der Waals surface area contributed by atoms with Gasteiger partial charge in [-0.15, -0.1) is 0 Å². The molecule has 0 saturated carbocycles. The van der Waals surface area contributed by atoms with E-state index in [1.807, 2.05) is 42.5 Å². The van der Waals surface area contributed by atoms with Crippen LogP contribution in [0.2, 0.25) is 0 Å². The van der Waals surface area contributed by atoms with Crippen LogP contribution < -0.4 is 0 Å². The maximum Gasteiger partial charge on any atom is 0.0893 e. The molecule has 0 saturated heterocycles. The Morgan fingerprint density at radius 1 is 0.406 bits per heavy atom. The Hall–Kier alpha value is -4.37. The Morgan fingerprint density at radius 3 is 1.66 bits per heavy atom. The van der Waals surface area contributed by atoms with E-state index in [4.69, 9.17) is 9.97 Å². The molecule has 0 aliphatic rings. The van der Waals surface area contributed by atoms with Crippen LogP contribution in [0.1, 0.15) is 0 Å². The summed E-state index contributed by atoms with van der Waals surface area (Å²) in [6.45, 7) is 0. The molecular formula is C29H19N3. The predicted molar refractivity (Wildman–Crippen MR) is 131 cm³/mol. The van der Waals surface area contributed by atoms with Crippen molar-refractivity contribution in [3.05, 3.63) is 115 Å². The first-order valence-corrected chi connectivity index (χ1v) is 10.6. The van der Waals surface area contributed by atoms with Gasteiger partial charge in [0.1, 0.15) is 0 Å². The second-order valence-electron chi connectivity index (χ2n) is 7.79. The molecule has 0 aliphatic carbocycles.